The highest BCUT2D eigenvalue weighted by molar-refractivity contribution is 9.10. The van der Waals surface area contributed by atoms with Gasteiger partial charge in [0.1, 0.15) is 5.75 Å². The van der Waals surface area contributed by atoms with Gasteiger partial charge in [0.05, 0.1) is 18.2 Å². The molecule has 116 valence electrons. The van der Waals surface area contributed by atoms with Crippen molar-refractivity contribution in [2.45, 2.75) is 44.6 Å². The summed E-state index contributed by atoms with van der Waals surface area (Å²) in [5.41, 5.74) is 1.60. The fourth-order valence-electron chi connectivity index (χ4n) is 2.91. The number of ether oxygens (including phenoxy) is 2. The molecule has 1 N–H and O–H groups in total. The van der Waals surface area contributed by atoms with Crippen LogP contribution in [0.25, 0.3) is 0 Å². The van der Waals surface area contributed by atoms with Crippen LogP contribution in [-0.4, -0.2) is 24.8 Å². The second-order valence-corrected chi connectivity index (χ2v) is 6.12. The molecule has 0 heterocycles. The van der Waals surface area contributed by atoms with Crippen molar-refractivity contribution in [2.75, 3.05) is 13.7 Å². The quantitative estimate of drug-likeness (QED) is 0.817. The van der Waals surface area contributed by atoms with E-state index in [1.807, 2.05) is 6.07 Å². The Balaban J connectivity index is 2.37. The van der Waals surface area contributed by atoms with Crippen LogP contribution in [0.1, 0.15) is 55.8 Å². The fraction of sp³-hybridized carbons (Fsp3) is 0.562. The summed E-state index contributed by atoms with van der Waals surface area (Å²) in [6.45, 7) is 1.97. The van der Waals surface area contributed by atoms with Crippen molar-refractivity contribution in [3.8, 4) is 5.75 Å². The van der Waals surface area contributed by atoms with Gasteiger partial charge in [-0.15, -0.1) is 0 Å². The Labute approximate surface area is 133 Å². The maximum atomic E-state index is 11.7. The zero-order valence-electron chi connectivity index (χ0n) is 12.4. The van der Waals surface area contributed by atoms with Crippen LogP contribution >= 0.6 is 15.9 Å². The van der Waals surface area contributed by atoms with Crippen LogP contribution in [0.3, 0.4) is 0 Å². The predicted octanol–water partition coefficient (Wildman–Crippen LogP) is 3.71. The third kappa shape index (κ3) is 3.58. The molecule has 4 nitrogen and oxygen atoms in total. The van der Waals surface area contributed by atoms with Crippen molar-refractivity contribution in [2.24, 2.45) is 0 Å². The number of rotatable bonds is 5. The Hall–Kier alpha value is -1.07. The predicted molar refractivity (Wildman–Crippen MR) is 83.5 cm³/mol. The molecule has 1 aliphatic carbocycles. The summed E-state index contributed by atoms with van der Waals surface area (Å²) in [5.74, 6) is 0.597. The molecule has 2 rings (SSSR count). The van der Waals surface area contributed by atoms with E-state index in [2.05, 4.69) is 15.9 Å². The lowest BCUT2D eigenvalue weighted by molar-refractivity contribution is -0.153. The molecular formula is C16H21BrO4. The smallest absolute Gasteiger partial charge is 0.339 e. The number of hydrogen-bond donors (Lipinski definition) is 1. The third-order valence-corrected chi connectivity index (χ3v) is 4.51. The van der Waals surface area contributed by atoms with Crippen LogP contribution in [-0.2, 0) is 9.53 Å². The summed E-state index contributed by atoms with van der Waals surface area (Å²) in [4.78, 5) is 11.7. The summed E-state index contributed by atoms with van der Waals surface area (Å²) in [6, 6.07) is 3.60. The molecule has 0 bridgehead atoms. The normalized spacial score (nSPS) is 16.8. The first kappa shape index (κ1) is 16.3. The summed E-state index contributed by atoms with van der Waals surface area (Å²) < 4.78 is 11.1. The van der Waals surface area contributed by atoms with Crippen LogP contribution in [0.2, 0.25) is 0 Å². The maximum absolute atomic E-state index is 11.7. The number of esters is 1. The minimum atomic E-state index is -1.26. The van der Waals surface area contributed by atoms with Gasteiger partial charge >= 0.3 is 5.97 Å². The molecule has 1 fully saturated rings. The van der Waals surface area contributed by atoms with Crippen LogP contribution in [0, 0.1) is 0 Å². The molecule has 0 aliphatic heterocycles. The van der Waals surface area contributed by atoms with Crippen molar-refractivity contribution >= 4 is 21.9 Å². The van der Waals surface area contributed by atoms with Gasteiger partial charge in [0.25, 0.3) is 0 Å². The molecular weight excluding hydrogens is 336 g/mol. The Bertz CT molecular complexity index is 509. The van der Waals surface area contributed by atoms with Crippen molar-refractivity contribution in [1.82, 2.24) is 0 Å². The first-order chi connectivity index (χ1) is 10.1. The Morgan fingerprint density at radius 3 is 2.67 bits per heavy atom. The average Bonchev–Trinajstić information content (AvgIpc) is 2.99. The van der Waals surface area contributed by atoms with E-state index in [0.29, 0.717) is 11.5 Å². The minimum absolute atomic E-state index is 0.253. The van der Waals surface area contributed by atoms with E-state index in [0.717, 1.165) is 28.6 Å². The summed E-state index contributed by atoms with van der Waals surface area (Å²) >= 11 is 3.47. The number of aliphatic hydroxyl groups is 1. The molecule has 0 aromatic heterocycles. The van der Waals surface area contributed by atoms with Gasteiger partial charge in [-0.3, -0.25) is 0 Å². The summed E-state index contributed by atoms with van der Waals surface area (Å²) in [7, 11) is 1.64. The van der Waals surface area contributed by atoms with E-state index in [9.17, 15) is 9.90 Å². The average molecular weight is 357 g/mol. The molecule has 1 unspecified atom stereocenters. The largest absolute Gasteiger partial charge is 0.495 e. The SMILES string of the molecule is CCOC(=O)C(O)c1cc(Br)c(OC)c(C2CCCC2)c1. The highest BCUT2D eigenvalue weighted by atomic mass is 79.9. The lowest BCUT2D eigenvalue weighted by Crippen LogP contribution is -2.16. The number of carbonyl (C=O) groups excluding carboxylic acids is 1. The maximum Gasteiger partial charge on any atom is 0.339 e. The van der Waals surface area contributed by atoms with Crippen molar-refractivity contribution in [3.63, 3.8) is 0 Å². The van der Waals surface area contributed by atoms with E-state index >= 15 is 0 Å². The zero-order chi connectivity index (χ0) is 15.4. The van der Waals surface area contributed by atoms with Gasteiger partial charge < -0.3 is 14.6 Å². The minimum Gasteiger partial charge on any atom is -0.495 e. The molecule has 5 heteroatoms. The molecule has 0 spiro atoms. The lowest BCUT2D eigenvalue weighted by Gasteiger charge is -2.19. The van der Waals surface area contributed by atoms with Crippen molar-refractivity contribution in [3.05, 3.63) is 27.7 Å². The summed E-state index contributed by atoms with van der Waals surface area (Å²) in [5, 5.41) is 10.1. The van der Waals surface area contributed by atoms with Gasteiger partial charge in [-0.25, -0.2) is 4.79 Å². The van der Waals surface area contributed by atoms with Crippen LogP contribution in [0.4, 0.5) is 0 Å². The Kier molecular flexibility index (Phi) is 5.65. The van der Waals surface area contributed by atoms with Crippen LogP contribution in [0.5, 0.6) is 5.75 Å². The van der Waals surface area contributed by atoms with E-state index in [1.165, 1.54) is 12.8 Å². The molecule has 0 amide bonds. The van der Waals surface area contributed by atoms with Crippen LogP contribution < -0.4 is 4.74 Å². The topological polar surface area (TPSA) is 55.8 Å². The Morgan fingerprint density at radius 2 is 2.10 bits per heavy atom. The van der Waals surface area contributed by atoms with Gasteiger partial charge in [-0.05, 0) is 64.9 Å². The number of methoxy groups -OCH3 is 1. The molecule has 1 aromatic carbocycles. The molecule has 0 radical (unpaired) electrons. The molecule has 1 saturated carbocycles. The monoisotopic (exact) mass is 356 g/mol. The number of aliphatic hydroxyl groups excluding tert-OH is 1. The second-order valence-electron chi connectivity index (χ2n) is 5.26. The van der Waals surface area contributed by atoms with Crippen molar-refractivity contribution in [1.29, 1.82) is 0 Å². The third-order valence-electron chi connectivity index (χ3n) is 3.92. The number of carbonyl (C=O) groups is 1. The van der Waals surface area contributed by atoms with Gasteiger partial charge in [0, 0.05) is 0 Å². The fourth-order valence-corrected chi connectivity index (χ4v) is 3.56. The highest BCUT2D eigenvalue weighted by Gasteiger charge is 2.26. The van der Waals surface area contributed by atoms with Crippen LogP contribution in [0.15, 0.2) is 16.6 Å². The van der Waals surface area contributed by atoms with E-state index in [-0.39, 0.29) is 6.61 Å². The van der Waals surface area contributed by atoms with Gasteiger partial charge in [-0.2, -0.15) is 0 Å². The van der Waals surface area contributed by atoms with Gasteiger partial charge in [0.2, 0.25) is 0 Å². The van der Waals surface area contributed by atoms with Gasteiger partial charge in [-0.1, -0.05) is 12.8 Å². The lowest BCUT2D eigenvalue weighted by atomic mass is 9.93. The van der Waals surface area contributed by atoms with E-state index in [1.54, 1.807) is 20.1 Å². The first-order valence-corrected chi connectivity index (χ1v) is 8.09. The second kappa shape index (κ2) is 7.27. The number of halogens is 1. The molecule has 1 aromatic rings. The van der Waals surface area contributed by atoms with E-state index in [4.69, 9.17) is 9.47 Å². The van der Waals surface area contributed by atoms with Crippen molar-refractivity contribution < 1.29 is 19.4 Å². The molecule has 0 saturated heterocycles. The summed E-state index contributed by atoms with van der Waals surface area (Å²) in [6.07, 6.45) is 3.38. The molecule has 1 aliphatic rings. The Morgan fingerprint density at radius 1 is 1.43 bits per heavy atom. The molecule has 1 atom stereocenters. The number of benzene rings is 1. The molecule has 21 heavy (non-hydrogen) atoms. The van der Waals surface area contributed by atoms with E-state index < -0.39 is 12.1 Å². The highest BCUT2D eigenvalue weighted by Crippen LogP contribution is 2.43. The van der Waals surface area contributed by atoms with Gasteiger partial charge in [0.15, 0.2) is 6.10 Å². The number of hydrogen-bond acceptors (Lipinski definition) is 4. The first-order valence-electron chi connectivity index (χ1n) is 7.30. The zero-order valence-corrected chi connectivity index (χ0v) is 14.0. The standard InChI is InChI=1S/C16H21BrO4/c1-3-21-16(19)14(18)11-8-12(10-6-4-5-7-10)15(20-2)13(17)9-11/h8-10,14,18H,3-7H2,1-2H3.